The van der Waals surface area contributed by atoms with E-state index >= 15 is 0 Å². The summed E-state index contributed by atoms with van der Waals surface area (Å²) in [5.74, 6) is 0.351. The maximum atomic E-state index is 11.3. The minimum Gasteiger partial charge on any atom is -0.377 e. The molecule has 1 aliphatic heterocycles. The molecule has 0 radical (unpaired) electrons. The minimum atomic E-state index is 0.138. The summed E-state index contributed by atoms with van der Waals surface area (Å²) in [6, 6.07) is 0. The summed E-state index contributed by atoms with van der Waals surface area (Å²) < 4.78 is 5.45. The number of carbonyl (C=O) groups excluding carboxylic acids is 1. The van der Waals surface area contributed by atoms with Crippen molar-refractivity contribution in [3.8, 4) is 0 Å². The number of hydrogen-bond acceptors (Lipinski definition) is 3. The van der Waals surface area contributed by atoms with Gasteiger partial charge < -0.3 is 4.74 Å². The standard InChI is InChI=1S/C10H18O2S/c1-4-9(11)8(3)13-10-5-6-12-7(10)2/h7-8,10H,4-6H2,1-3H3. The summed E-state index contributed by atoms with van der Waals surface area (Å²) >= 11 is 1.77. The van der Waals surface area contributed by atoms with Gasteiger partial charge in [0.2, 0.25) is 0 Å². The SMILES string of the molecule is CCC(=O)C(C)SC1CCOC1C. The molecule has 0 aromatic heterocycles. The third kappa shape index (κ3) is 2.99. The summed E-state index contributed by atoms with van der Waals surface area (Å²) in [4.78, 5) is 11.3. The molecular weight excluding hydrogens is 184 g/mol. The lowest BCUT2D eigenvalue weighted by Gasteiger charge is -2.17. The molecule has 0 bridgehead atoms. The zero-order valence-corrected chi connectivity index (χ0v) is 9.39. The molecule has 0 aliphatic carbocycles. The van der Waals surface area contributed by atoms with Crippen LogP contribution in [0, 0.1) is 0 Å². The highest BCUT2D eigenvalue weighted by molar-refractivity contribution is 8.01. The molecule has 0 saturated carbocycles. The van der Waals surface area contributed by atoms with Crippen LogP contribution >= 0.6 is 11.8 Å². The van der Waals surface area contributed by atoms with E-state index in [0.29, 0.717) is 23.6 Å². The van der Waals surface area contributed by atoms with Crippen molar-refractivity contribution in [2.24, 2.45) is 0 Å². The maximum absolute atomic E-state index is 11.3. The lowest BCUT2D eigenvalue weighted by molar-refractivity contribution is -0.118. The smallest absolute Gasteiger partial charge is 0.145 e. The van der Waals surface area contributed by atoms with Crippen molar-refractivity contribution in [3.05, 3.63) is 0 Å². The van der Waals surface area contributed by atoms with Gasteiger partial charge >= 0.3 is 0 Å². The Hall–Kier alpha value is -0.0200. The van der Waals surface area contributed by atoms with Gasteiger partial charge in [0.25, 0.3) is 0 Å². The van der Waals surface area contributed by atoms with Gasteiger partial charge in [0.15, 0.2) is 0 Å². The predicted octanol–water partition coefficient (Wildman–Crippen LogP) is 2.26. The van der Waals surface area contributed by atoms with Crippen LogP contribution in [0.1, 0.15) is 33.6 Å². The van der Waals surface area contributed by atoms with Crippen LogP contribution in [0.15, 0.2) is 0 Å². The van der Waals surface area contributed by atoms with Gasteiger partial charge in [-0.15, -0.1) is 11.8 Å². The van der Waals surface area contributed by atoms with E-state index in [1.807, 2.05) is 13.8 Å². The second kappa shape index (κ2) is 5.01. The molecule has 0 spiro atoms. The second-order valence-corrected chi connectivity index (χ2v) is 5.09. The van der Waals surface area contributed by atoms with Crippen molar-refractivity contribution in [1.82, 2.24) is 0 Å². The van der Waals surface area contributed by atoms with Gasteiger partial charge in [0.05, 0.1) is 11.4 Å². The first-order chi connectivity index (χ1) is 6.15. The molecule has 76 valence electrons. The molecular formula is C10H18O2S. The van der Waals surface area contributed by atoms with Crippen LogP contribution in [0.5, 0.6) is 0 Å². The molecule has 1 saturated heterocycles. The van der Waals surface area contributed by atoms with Crippen molar-refractivity contribution in [2.75, 3.05) is 6.61 Å². The average Bonchev–Trinajstić information content (AvgIpc) is 2.50. The molecule has 3 atom stereocenters. The van der Waals surface area contributed by atoms with Gasteiger partial charge in [-0.2, -0.15) is 0 Å². The van der Waals surface area contributed by atoms with Gasteiger partial charge in [-0.25, -0.2) is 0 Å². The van der Waals surface area contributed by atoms with E-state index in [1.165, 1.54) is 0 Å². The summed E-state index contributed by atoms with van der Waals surface area (Å²) in [5.41, 5.74) is 0. The fraction of sp³-hybridized carbons (Fsp3) is 0.900. The van der Waals surface area contributed by atoms with Crippen molar-refractivity contribution in [3.63, 3.8) is 0 Å². The van der Waals surface area contributed by atoms with Gasteiger partial charge in [-0.3, -0.25) is 4.79 Å². The number of thioether (sulfide) groups is 1. The summed E-state index contributed by atoms with van der Waals surface area (Å²) in [6.45, 7) is 6.87. The number of carbonyl (C=O) groups is 1. The second-order valence-electron chi connectivity index (χ2n) is 3.50. The van der Waals surface area contributed by atoms with Crippen LogP contribution in [0.3, 0.4) is 0 Å². The van der Waals surface area contributed by atoms with E-state index in [0.717, 1.165) is 13.0 Å². The Labute approximate surface area is 84.4 Å². The Morgan fingerprint density at radius 1 is 1.69 bits per heavy atom. The molecule has 1 heterocycles. The van der Waals surface area contributed by atoms with E-state index in [9.17, 15) is 4.79 Å². The molecule has 0 N–H and O–H groups in total. The van der Waals surface area contributed by atoms with Gasteiger partial charge in [0, 0.05) is 18.3 Å². The molecule has 2 nitrogen and oxygen atoms in total. The zero-order chi connectivity index (χ0) is 9.84. The highest BCUT2D eigenvalue weighted by Gasteiger charge is 2.27. The molecule has 0 amide bonds. The van der Waals surface area contributed by atoms with E-state index in [-0.39, 0.29) is 5.25 Å². The number of ether oxygens (including phenoxy) is 1. The maximum Gasteiger partial charge on any atom is 0.145 e. The Morgan fingerprint density at radius 2 is 2.38 bits per heavy atom. The van der Waals surface area contributed by atoms with Crippen LogP contribution in [0.4, 0.5) is 0 Å². The molecule has 0 aromatic carbocycles. The number of hydrogen-bond donors (Lipinski definition) is 0. The lowest BCUT2D eigenvalue weighted by atomic mass is 10.2. The molecule has 13 heavy (non-hydrogen) atoms. The molecule has 1 aliphatic rings. The van der Waals surface area contributed by atoms with Gasteiger partial charge in [-0.1, -0.05) is 6.92 Å². The topological polar surface area (TPSA) is 26.3 Å². The number of Topliss-reactive ketones (excluding diaryl/α,β-unsaturated/α-hetero) is 1. The predicted molar refractivity (Wildman–Crippen MR) is 56.2 cm³/mol. The largest absolute Gasteiger partial charge is 0.377 e. The zero-order valence-electron chi connectivity index (χ0n) is 8.58. The molecule has 0 aromatic rings. The first-order valence-electron chi connectivity index (χ1n) is 4.95. The highest BCUT2D eigenvalue weighted by Crippen LogP contribution is 2.30. The first-order valence-corrected chi connectivity index (χ1v) is 5.89. The van der Waals surface area contributed by atoms with E-state index < -0.39 is 0 Å². The van der Waals surface area contributed by atoms with Crippen LogP contribution in [-0.2, 0) is 9.53 Å². The van der Waals surface area contributed by atoms with E-state index in [2.05, 4.69) is 6.92 Å². The molecule has 3 heteroatoms. The summed E-state index contributed by atoms with van der Waals surface area (Å²) in [5, 5.41) is 0.657. The van der Waals surface area contributed by atoms with Crippen LogP contribution in [0.25, 0.3) is 0 Å². The average molecular weight is 202 g/mol. The molecule has 3 unspecified atom stereocenters. The van der Waals surface area contributed by atoms with Crippen LogP contribution in [0.2, 0.25) is 0 Å². The van der Waals surface area contributed by atoms with Crippen molar-refractivity contribution in [2.45, 2.75) is 50.2 Å². The third-order valence-electron chi connectivity index (χ3n) is 2.49. The Kier molecular flexibility index (Phi) is 4.26. The van der Waals surface area contributed by atoms with Crippen molar-refractivity contribution in [1.29, 1.82) is 0 Å². The molecule has 1 fully saturated rings. The fourth-order valence-corrected chi connectivity index (χ4v) is 2.89. The minimum absolute atomic E-state index is 0.138. The third-order valence-corrected chi connectivity index (χ3v) is 4.13. The van der Waals surface area contributed by atoms with Crippen LogP contribution in [-0.4, -0.2) is 29.0 Å². The first kappa shape index (κ1) is 11.1. The fourth-order valence-electron chi connectivity index (χ4n) is 1.52. The van der Waals surface area contributed by atoms with Gasteiger partial charge in [-0.05, 0) is 20.3 Å². The normalized spacial score (nSPS) is 30.4. The monoisotopic (exact) mass is 202 g/mol. The summed E-state index contributed by atoms with van der Waals surface area (Å²) in [6.07, 6.45) is 2.06. The number of rotatable bonds is 4. The van der Waals surface area contributed by atoms with Crippen molar-refractivity contribution >= 4 is 17.5 Å². The Balaban J connectivity index is 2.34. The van der Waals surface area contributed by atoms with Crippen molar-refractivity contribution < 1.29 is 9.53 Å². The van der Waals surface area contributed by atoms with E-state index in [1.54, 1.807) is 11.8 Å². The van der Waals surface area contributed by atoms with E-state index in [4.69, 9.17) is 4.74 Å². The van der Waals surface area contributed by atoms with Crippen LogP contribution < -0.4 is 0 Å². The number of ketones is 1. The highest BCUT2D eigenvalue weighted by atomic mass is 32.2. The quantitative estimate of drug-likeness (QED) is 0.699. The summed E-state index contributed by atoms with van der Waals surface area (Å²) in [7, 11) is 0. The molecule has 1 rings (SSSR count). The Bertz CT molecular complexity index is 182. The Morgan fingerprint density at radius 3 is 2.85 bits per heavy atom. The van der Waals surface area contributed by atoms with Gasteiger partial charge in [0.1, 0.15) is 5.78 Å². The lowest BCUT2D eigenvalue weighted by Crippen LogP contribution is -2.21.